The van der Waals surface area contributed by atoms with Crippen LogP contribution < -0.4 is 5.32 Å². The summed E-state index contributed by atoms with van der Waals surface area (Å²) < 4.78 is -0.0366. The Labute approximate surface area is 74.2 Å². The van der Waals surface area contributed by atoms with Gasteiger partial charge < -0.3 is 5.32 Å². The van der Waals surface area contributed by atoms with Gasteiger partial charge in [-0.3, -0.25) is 4.79 Å². The molecule has 0 aliphatic carbocycles. The number of hydrogen-bond donors (Lipinski definition) is 2. The molecule has 0 aliphatic heterocycles. The van der Waals surface area contributed by atoms with Crippen LogP contribution in [0.25, 0.3) is 0 Å². The lowest BCUT2D eigenvalue weighted by molar-refractivity contribution is -0.121. The molecule has 3 heteroatoms. The standard InChI is InChI=1S/C8H17NOS/c1-4-9-7(10)5-6-8(2,3)11/h11H,4-6H2,1-3H3,(H,9,10). The summed E-state index contributed by atoms with van der Waals surface area (Å²) in [6.07, 6.45) is 1.40. The molecule has 0 unspecified atom stereocenters. The van der Waals surface area contributed by atoms with Gasteiger partial charge >= 0.3 is 0 Å². The van der Waals surface area contributed by atoms with Crippen LogP contribution in [0.15, 0.2) is 0 Å². The third kappa shape index (κ3) is 7.72. The number of rotatable bonds is 4. The zero-order valence-electron chi connectivity index (χ0n) is 7.48. The average molecular weight is 175 g/mol. The molecule has 1 amide bonds. The van der Waals surface area contributed by atoms with Crippen LogP contribution in [0, 0.1) is 0 Å². The van der Waals surface area contributed by atoms with E-state index in [0.717, 1.165) is 6.42 Å². The Hall–Kier alpha value is -0.180. The first-order chi connectivity index (χ1) is 4.95. The predicted molar refractivity (Wildman–Crippen MR) is 51.0 cm³/mol. The normalized spacial score (nSPS) is 11.3. The van der Waals surface area contributed by atoms with Gasteiger partial charge in [0.1, 0.15) is 0 Å². The van der Waals surface area contributed by atoms with Gasteiger partial charge in [0.05, 0.1) is 0 Å². The number of carbonyl (C=O) groups is 1. The second-order valence-corrected chi connectivity index (χ2v) is 4.48. The molecule has 0 spiro atoms. The molecule has 0 aromatic carbocycles. The minimum absolute atomic E-state index is 0.0366. The molecule has 0 aromatic rings. The minimum Gasteiger partial charge on any atom is -0.356 e. The van der Waals surface area contributed by atoms with Crippen molar-refractivity contribution in [3.05, 3.63) is 0 Å². The fourth-order valence-corrected chi connectivity index (χ4v) is 0.817. The fraction of sp³-hybridized carbons (Fsp3) is 0.875. The van der Waals surface area contributed by atoms with E-state index in [1.165, 1.54) is 0 Å². The second-order valence-electron chi connectivity index (χ2n) is 3.27. The molecule has 0 rings (SSSR count). The first kappa shape index (κ1) is 10.8. The van der Waals surface area contributed by atoms with Gasteiger partial charge in [-0.05, 0) is 13.3 Å². The van der Waals surface area contributed by atoms with Crippen molar-refractivity contribution in [2.75, 3.05) is 6.54 Å². The maximum atomic E-state index is 10.9. The number of thiol groups is 1. The van der Waals surface area contributed by atoms with Crippen molar-refractivity contribution in [1.82, 2.24) is 5.32 Å². The van der Waals surface area contributed by atoms with Crippen LogP contribution in [0.3, 0.4) is 0 Å². The quantitative estimate of drug-likeness (QED) is 0.625. The van der Waals surface area contributed by atoms with Crippen molar-refractivity contribution in [2.45, 2.75) is 38.4 Å². The van der Waals surface area contributed by atoms with Crippen LogP contribution in [0.2, 0.25) is 0 Å². The molecule has 0 aromatic heterocycles. The average Bonchev–Trinajstić information content (AvgIpc) is 1.83. The molecule has 66 valence electrons. The molecule has 0 saturated heterocycles. The van der Waals surface area contributed by atoms with Gasteiger partial charge in [-0.1, -0.05) is 13.8 Å². The highest BCUT2D eigenvalue weighted by atomic mass is 32.1. The maximum Gasteiger partial charge on any atom is 0.220 e. The molecular formula is C8H17NOS. The Morgan fingerprint density at radius 1 is 1.55 bits per heavy atom. The topological polar surface area (TPSA) is 29.1 Å². The minimum atomic E-state index is -0.0366. The highest BCUT2D eigenvalue weighted by Crippen LogP contribution is 2.18. The molecule has 1 N–H and O–H groups in total. The number of amides is 1. The number of carbonyl (C=O) groups excluding carboxylic acids is 1. The summed E-state index contributed by atoms with van der Waals surface area (Å²) in [6, 6.07) is 0. The summed E-state index contributed by atoms with van der Waals surface area (Å²) in [7, 11) is 0. The predicted octanol–water partition coefficient (Wildman–Crippen LogP) is 1.61. The first-order valence-corrected chi connectivity index (χ1v) is 4.39. The maximum absolute atomic E-state index is 10.9. The van der Waals surface area contributed by atoms with E-state index in [4.69, 9.17) is 0 Å². The summed E-state index contributed by atoms with van der Waals surface area (Å²) in [5.41, 5.74) is 0. The molecule has 0 saturated carbocycles. The van der Waals surface area contributed by atoms with E-state index >= 15 is 0 Å². The molecule has 0 aliphatic rings. The van der Waals surface area contributed by atoms with Crippen molar-refractivity contribution < 1.29 is 4.79 Å². The van der Waals surface area contributed by atoms with Gasteiger partial charge in [-0.2, -0.15) is 12.6 Å². The molecule has 2 nitrogen and oxygen atoms in total. The Morgan fingerprint density at radius 3 is 2.45 bits per heavy atom. The molecule has 0 bridgehead atoms. The number of nitrogens with one attached hydrogen (secondary N) is 1. The highest BCUT2D eigenvalue weighted by molar-refractivity contribution is 7.81. The molecule has 0 radical (unpaired) electrons. The van der Waals surface area contributed by atoms with Crippen molar-refractivity contribution >= 4 is 18.5 Å². The zero-order chi connectivity index (χ0) is 8.91. The van der Waals surface area contributed by atoms with E-state index < -0.39 is 0 Å². The van der Waals surface area contributed by atoms with E-state index in [1.807, 2.05) is 20.8 Å². The van der Waals surface area contributed by atoms with E-state index in [2.05, 4.69) is 17.9 Å². The molecular weight excluding hydrogens is 158 g/mol. The van der Waals surface area contributed by atoms with E-state index in [1.54, 1.807) is 0 Å². The van der Waals surface area contributed by atoms with Crippen LogP contribution in [0.1, 0.15) is 33.6 Å². The largest absolute Gasteiger partial charge is 0.356 e. The lowest BCUT2D eigenvalue weighted by Gasteiger charge is -2.15. The summed E-state index contributed by atoms with van der Waals surface area (Å²) in [5, 5.41) is 2.75. The van der Waals surface area contributed by atoms with Gasteiger partial charge in [0.15, 0.2) is 0 Å². The van der Waals surface area contributed by atoms with Crippen LogP contribution in [0.4, 0.5) is 0 Å². The van der Waals surface area contributed by atoms with E-state index in [-0.39, 0.29) is 10.7 Å². The van der Waals surface area contributed by atoms with Gasteiger partial charge in [0, 0.05) is 17.7 Å². The Balaban J connectivity index is 3.46. The van der Waals surface area contributed by atoms with Crippen molar-refractivity contribution in [3.8, 4) is 0 Å². The van der Waals surface area contributed by atoms with Crippen LogP contribution in [-0.2, 0) is 4.79 Å². The summed E-state index contributed by atoms with van der Waals surface area (Å²) in [4.78, 5) is 10.9. The van der Waals surface area contributed by atoms with Crippen LogP contribution in [0.5, 0.6) is 0 Å². The van der Waals surface area contributed by atoms with Gasteiger partial charge in [-0.25, -0.2) is 0 Å². The zero-order valence-corrected chi connectivity index (χ0v) is 8.37. The number of hydrogen-bond acceptors (Lipinski definition) is 2. The highest BCUT2D eigenvalue weighted by Gasteiger charge is 2.12. The third-order valence-corrected chi connectivity index (χ3v) is 1.56. The monoisotopic (exact) mass is 175 g/mol. The Bertz CT molecular complexity index is 129. The van der Waals surface area contributed by atoms with Crippen molar-refractivity contribution in [2.24, 2.45) is 0 Å². The lowest BCUT2D eigenvalue weighted by Crippen LogP contribution is -2.24. The molecule has 0 fully saturated rings. The van der Waals surface area contributed by atoms with Gasteiger partial charge in [0.2, 0.25) is 5.91 Å². The lowest BCUT2D eigenvalue weighted by atomic mass is 10.1. The van der Waals surface area contributed by atoms with Gasteiger partial charge in [-0.15, -0.1) is 0 Å². The summed E-state index contributed by atoms with van der Waals surface area (Å²) in [5.74, 6) is 0.120. The Kier molecular flexibility index (Phi) is 4.57. The van der Waals surface area contributed by atoms with Crippen LogP contribution >= 0.6 is 12.6 Å². The fourth-order valence-electron chi connectivity index (χ4n) is 0.705. The van der Waals surface area contributed by atoms with Crippen molar-refractivity contribution in [1.29, 1.82) is 0 Å². The van der Waals surface area contributed by atoms with E-state index in [0.29, 0.717) is 13.0 Å². The molecule has 0 atom stereocenters. The van der Waals surface area contributed by atoms with Crippen LogP contribution in [-0.4, -0.2) is 17.2 Å². The first-order valence-electron chi connectivity index (χ1n) is 3.95. The summed E-state index contributed by atoms with van der Waals surface area (Å²) >= 11 is 4.32. The third-order valence-electron chi connectivity index (χ3n) is 1.34. The molecule has 11 heavy (non-hydrogen) atoms. The SMILES string of the molecule is CCNC(=O)CCC(C)(C)S. The molecule has 0 heterocycles. The second kappa shape index (κ2) is 4.65. The Morgan fingerprint density at radius 2 is 2.09 bits per heavy atom. The van der Waals surface area contributed by atoms with Crippen molar-refractivity contribution in [3.63, 3.8) is 0 Å². The smallest absolute Gasteiger partial charge is 0.220 e. The van der Waals surface area contributed by atoms with E-state index in [9.17, 15) is 4.79 Å². The summed E-state index contributed by atoms with van der Waals surface area (Å²) in [6.45, 7) is 6.65. The van der Waals surface area contributed by atoms with Gasteiger partial charge in [0.25, 0.3) is 0 Å².